The van der Waals surface area contributed by atoms with Crippen molar-refractivity contribution in [1.29, 1.82) is 0 Å². The van der Waals surface area contributed by atoms with E-state index in [9.17, 15) is 10.0 Å². The predicted octanol–water partition coefficient (Wildman–Crippen LogP) is 3.49. The second-order valence-corrected chi connectivity index (χ2v) is 6.53. The monoisotopic (exact) mass is 276 g/mol. The summed E-state index contributed by atoms with van der Waals surface area (Å²) in [5.41, 5.74) is -0.667. The van der Waals surface area contributed by atoms with Crippen molar-refractivity contribution in [3.63, 3.8) is 0 Å². The molecule has 0 aromatic carbocycles. The van der Waals surface area contributed by atoms with Crippen LogP contribution in [0.1, 0.15) is 59.8 Å². The van der Waals surface area contributed by atoms with Crippen LogP contribution in [0.15, 0.2) is 0 Å². The minimum atomic E-state index is -0.530. The van der Waals surface area contributed by atoms with Crippen LogP contribution in [0.5, 0.6) is 0 Å². The van der Waals surface area contributed by atoms with Crippen LogP contribution in [0, 0.1) is 0 Å². The number of hydrogen-bond acceptors (Lipinski definition) is 5. The molecule has 0 heterocycles. The van der Waals surface area contributed by atoms with Gasteiger partial charge >= 0.3 is 6.09 Å². The van der Waals surface area contributed by atoms with Crippen LogP contribution in [0.3, 0.4) is 0 Å². The van der Waals surface area contributed by atoms with E-state index in [1.54, 1.807) is 20.8 Å². The summed E-state index contributed by atoms with van der Waals surface area (Å²) in [7, 11) is 0. The molecule has 1 fully saturated rings. The summed E-state index contributed by atoms with van der Waals surface area (Å²) in [5.74, 6) is 0. The third kappa shape index (κ3) is 5.04. The number of nitrogens with zero attached hydrogens (tertiary/aromatic N) is 1. The van der Waals surface area contributed by atoms with Gasteiger partial charge in [-0.15, -0.1) is 4.47 Å². The van der Waals surface area contributed by atoms with Crippen LogP contribution in [-0.4, -0.2) is 26.9 Å². The Morgan fingerprint density at radius 2 is 2.11 bits per heavy atom. The standard InChI is InChI=1S/C12H24N2O3S/c1-5-6-7-12(8-9-12)14(16)18-13-10(15)17-11(2,3)4/h16H,5-9H2,1-4H3,(H,13,15). The molecule has 1 rings (SSSR count). The van der Waals surface area contributed by atoms with Crippen molar-refractivity contribution < 1.29 is 14.7 Å². The molecule has 1 saturated carbocycles. The number of hydrogen-bond donors (Lipinski definition) is 2. The van der Waals surface area contributed by atoms with Gasteiger partial charge in [-0.05, 0) is 40.0 Å². The lowest BCUT2D eigenvalue weighted by atomic mass is 10.1. The quantitative estimate of drug-likeness (QED) is 0.574. The van der Waals surface area contributed by atoms with Gasteiger partial charge in [0, 0.05) is 0 Å². The lowest BCUT2D eigenvalue weighted by Crippen LogP contribution is -2.35. The Morgan fingerprint density at radius 3 is 2.56 bits per heavy atom. The maximum Gasteiger partial charge on any atom is 0.418 e. The highest BCUT2D eigenvalue weighted by atomic mass is 32.2. The Morgan fingerprint density at radius 1 is 1.50 bits per heavy atom. The van der Waals surface area contributed by atoms with Crippen LogP contribution in [-0.2, 0) is 4.74 Å². The summed E-state index contributed by atoms with van der Waals surface area (Å²) in [4.78, 5) is 11.4. The van der Waals surface area contributed by atoms with Crippen LogP contribution < -0.4 is 4.72 Å². The molecule has 0 atom stereocenters. The average molecular weight is 276 g/mol. The smallest absolute Gasteiger partial charge is 0.418 e. The van der Waals surface area contributed by atoms with E-state index >= 15 is 0 Å². The molecule has 1 aliphatic carbocycles. The Balaban J connectivity index is 2.28. The number of rotatable bonds is 6. The first-order chi connectivity index (χ1) is 8.29. The number of ether oxygens (including phenoxy) is 1. The van der Waals surface area contributed by atoms with Gasteiger partial charge in [0.15, 0.2) is 0 Å². The van der Waals surface area contributed by atoms with Gasteiger partial charge in [-0.3, -0.25) is 0 Å². The predicted molar refractivity (Wildman–Crippen MR) is 72.1 cm³/mol. The zero-order chi connectivity index (χ0) is 13.8. The molecule has 0 aromatic rings. The first-order valence-corrected chi connectivity index (χ1v) is 7.21. The summed E-state index contributed by atoms with van der Waals surface area (Å²) >= 11 is 0.909. The number of nitrogens with one attached hydrogen (secondary N) is 1. The van der Waals surface area contributed by atoms with Crippen LogP contribution in [0.2, 0.25) is 0 Å². The van der Waals surface area contributed by atoms with Gasteiger partial charge in [-0.2, -0.15) is 0 Å². The molecule has 5 nitrogen and oxygen atoms in total. The van der Waals surface area contributed by atoms with E-state index in [1.165, 1.54) is 4.47 Å². The Bertz CT molecular complexity index is 288. The molecular weight excluding hydrogens is 252 g/mol. The van der Waals surface area contributed by atoms with Gasteiger partial charge in [-0.1, -0.05) is 19.8 Å². The van der Waals surface area contributed by atoms with Gasteiger partial charge in [0.1, 0.15) is 5.60 Å². The van der Waals surface area contributed by atoms with E-state index in [0.29, 0.717) is 0 Å². The van der Waals surface area contributed by atoms with Crippen molar-refractivity contribution in [2.75, 3.05) is 0 Å². The molecule has 0 bridgehead atoms. The number of unbranched alkanes of at least 4 members (excludes halogenated alkanes) is 1. The second kappa shape index (κ2) is 6.12. The Kier molecular flexibility index (Phi) is 5.31. The zero-order valence-electron chi connectivity index (χ0n) is 11.7. The molecule has 0 aromatic heterocycles. The minimum Gasteiger partial charge on any atom is -0.443 e. The summed E-state index contributed by atoms with van der Waals surface area (Å²) in [6.45, 7) is 7.54. The van der Waals surface area contributed by atoms with E-state index in [1.807, 2.05) is 0 Å². The summed E-state index contributed by atoms with van der Waals surface area (Å²) in [6.07, 6.45) is 4.59. The maximum absolute atomic E-state index is 11.4. The average Bonchev–Trinajstić information content (AvgIpc) is 3.02. The lowest BCUT2D eigenvalue weighted by molar-refractivity contribution is -0.0400. The van der Waals surface area contributed by atoms with Gasteiger partial charge in [0.25, 0.3) is 0 Å². The molecule has 106 valence electrons. The molecule has 2 N–H and O–H groups in total. The molecule has 1 amide bonds. The van der Waals surface area contributed by atoms with Crippen molar-refractivity contribution in [2.24, 2.45) is 0 Å². The molecular formula is C12H24N2O3S. The third-order valence-electron chi connectivity index (χ3n) is 2.84. The van der Waals surface area contributed by atoms with E-state index in [-0.39, 0.29) is 5.54 Å². The molecule has 18 heavy (non-hydrogen) atoms. The normalized spacial score (nSPS) is 17.7. The molecule has 0 aliphatic heterocycles. The largest absolute Gasteiger partial charge is 0.443 e. The van der Waals surface area contributed by atoms with Gasteiger partial charge < -0.3 is 9.94 Å². The maximum atomic E-state index is 11.4. The topological polar surface area (TPSA) is 61.8 Å². The number of carbonyl (C=O) groups is 1. The first-order valence-electron chi connectivity index (χ1n) is 6.44. The molecule has 0 spiro atoms. The lowest BCUT2D eigenvalue weighted by Gasteiger charge is -2.25. The minimum absolute atomic E-state index is 0.143. The highest BCUT2D eigenvalue weighted by molar-refractivity contribution is 7.95. The number of amides is 1. The van der Waals surface area contributed by atoms with E-state index < -0.39 is 11.7 Å². The van der Waals surface area contributed by atoms with Crippen molar-refractivity contribution >= 4 is 18.2 Å². The Hall–Kier alpha value is -0.460. The molecule has 0 unspecified atom stereocenters. The van der Waals surface area contributed by atoms with Gasteiger partial charge in [-0.25, -0.2) is 9.52 Å². The summed E-state index contributed by atoms with van der Waals surface area (Å²) in [6, 6.07) is 0. The van der Waals surface area contributed by atoms with Crippen LogP contribution in [0.25, 0.3) is 0 Å². The molecule has 0 radical (unpaired) electrons. The fourth-order valence-corrected chi connectivity index (χ4v) is 2.33. The highest BCUT2D eigenvalue weighted by Gasteiger charge is 2.48. The second-order valence-electron chi connectivity index (χ2n) is 5.80. The van der Waals surface area contributed by atoms with Crippen molar-refractivity contribution in [2.45, 2.75) is 70.9 Å². The van der Waals surface area contributed by atoms with E-state index in [4.69, 9.17) is 4.74 Å². The van der Waals surface area contributed by atoms with Gasteiger partial charge in [0.2, 0.25) is 0 Å². The fourth-order valence-electron chi connectivity index (χ4n) is 1.66. The van der Waals surface area contributed by atoms with Gasteiger partial charge in [0.05, 0.1) is 17.7 Å². The zero-order valence-corrected chi connectivity index (χ0v) is 12.5. The highest BCUT2D eigenvalue weighted by Crippen LogP contribution is 2.47. The molecule has 6 heteroatoms. The molecule has 1 aliphatic rings. The SMILES string of the molecule is CCCCC1(N(O)SNC(=O)OC(C)(C)C)CC1. The number of carbonyl (C=O) groups excluding carboxylic acids is 1. The van der Waals surface area contributed by atoms with Crippen LogP contribution >= 0.6 is 12.1 Å². The van der Waals surface area contributed by atoms with Crippen LogP contribution in [0.4, 0.5) is 4.79 Å². The fraction of sp³-hybridized carbons (Fsp3) is 0.917. The van der Waals surface area contributed by atoms with Crippen molar-refractivity contribution in [3.05, 3.63) is 0 Å². The van der Waals surface area contributed by atoms with Crippen molar-refractivity contribution in [1.82, 2.24) is 9.19 Å². The van der Waals surface area contributed by atoms with E-state index in [2.05, 4.69) is 11.6 Å². The van der Waals surface area contributed by atoms with E-state index in [0.717, 1.165) is 44.2 Å². The number of hydroxylamine groups is 1. The van der Waals surface area contributed by atoms with Crippen molar-refractivity contribution in [3.8, 4) is 0 Å². The summed E-state index contributed by atoms with van der Waals surface area (Å²) < 4.78 is 8.76. The summed E-state index contributed by atoms with van der Waals surface area (Å²) in [5, 5.41) is 9.94. The first kappa shape index (κ1) is 15.6. The molecule has 0 saturated heterocycles. The third-order valence-corrected chi connectivity index (χ3v) is 3.66. The Labute approximate surface area is 113 Å².